The molecule has 0 spiro atoms. The highest BCUT2D eigenvalue weighted by Crippen LogP contribution is 2.43. The van der Waals surface area contributed by atoms with Crippen LogP contribution in [0.5, 0.6) is 0 Å². The molecule has 0 aromatic carbocycles. The van der Waals surface area contributed by atoms with E-state index < -0.39 is 0 Å². The fraction of sp³-hybridized carbons (Fsp3) is 1.00. The monoisotopic (exact) mass is 196 g/mol. The molecule has 0 aromatic heterocycles. The van der Waals surface area contributed by atoms with Crippen molar-refractivity contribution in [1.82, 2.24) is 9.80 Å². The van der Waals surface area contributed by atoms with Crippen molar-refractivity contribution < 1.29 is 0 Å². The third-order valence-corrected chi connectivity index (χ3v) is 3.61. The number of hydrogen-bond donors (Lipinski definition) is 0. The van der Waals surface area contributed by atoms with E-state index in [1.807, 2.05) is 0 Å². The third-order valence-electron chi connectivity index (χ3n) is 3.61. The number of likely N-dealkylation sites (tertiary alicyclic amines) is 1. The minimum absolute atomic E-state index is 0.358. The molecule has 2 heterocycles. The lowest BCUT2D eigenvalue weighted by atomic mass is 10.1. The van der Waals surface area contributed by atoms with Gasteiger partial charge in [0.1, 0.15) is 0 Å². The van der Waals surface area contributed by atoms with E-state index in [4.69, 9.17) is 0 Å². The number of nitrogens with zero attached hydrogens (tertiary/aromatic N) is 2. The van der Waals surface area contributed by atoms with Gasteiger partial charge in [-0.05, 0) is 41.5 Å². The molecule has 2 atom stereocenters. The van der Waals surface area contributed by atoms with Crippen molar-refractivity contribution in [2.75, 3.05) is 13.1 Å². The van der Waals surface area contributed by atoms with Crippen LogP contribution in [0, 0.1) is 0 Å². The molecule has 2 unspecified atom stereocenters. The molecule has 0 aliphatic carbocycles. The van der Waals surface area contributed by atoms with Gasteiger partial charge in [-0.25, -0.2) is 0 Å². The molecule has 2 fully saturated rings. The average Bonchev–Trinajstić information content (AvgIpc) is 2.46. The Morgan fingerprint density at radius 1 is 0.786 bits per heavy atom. The first kappa shape index (κ1) is 10.4. The standard InChI is InChI=1S/C12H24N2/c1-11(2,3)13-7-9-10(8-13)14(9)12(4,5)6/h9-10H,7-8H2,1-6H3. The first-order chi connectivity index (χ1) is 6.21. The van der Waals surface area contributed by atoms with Crippen LogP contribution in [0.3, 0.4) is 0 Å². The average molecular weight is 196 g/mol. The molecule has 0 aromatic rings. The minimum Gasteiger partial charge on any atom is -0.295 e. The van der Waals surface area contributed by atoms with Gasteiger partial charge in [0.15, 0.2) is 0 Å². The van der Waals surface area contributed by atoms with Crippen LogP contribution in [0.15, 0.2) is 0 Å². The summed E-state index contributed by atoms with van der Waals surface area (Å²) in [5.41, 5.74) is 0.732. The Morgan fingerprint density at radius 2 is 1.21 bits per heavy atom. The SMILES string of the molecule is CC(C)(C)N1CC2C(C1)N2C(C)(C)C. The molecular formula is C12H24N2. The van der Waals surface area contributed by atoms with E-state index >= 15 is 0 Å². The molecule has 2 nitrogen and oxygen atoms in total. The molecule has 0 radical (unpaired) electrons. The van der Waals surface area contributed by atoms with Crippen molar-refractivity contribution in [3.8, 4) is 0 Å². The van der Waals surface area contributed by atoms with Gasteiger partial charge in [-0.15, -0.1) is 0 Å². The summed E-state index contributed by atoms with van der Waals surface area (Å²) in [6, 6.07) is 1.68. The predicted octanol–water partition coefficient (Wildman–Crippen LogP) is 1.95. The maximum absolute atomic E-state index is 2.66. The Balaban J connectivity index is 1.94. The van der Waals surface area contributed by atoms with Gasteiger partial charge in [-0.1, -0.05) is 0 Å². The Morgan fingerprint density at radius 3 is 1.50 bits per heavy atom. The number of fused-ring (bicyclic) bond motifs is 1. The van der Waals surface area contributed by atoms with Gasteiger partial charge < -0.3 is 0 Å². The summed E-state index contributed by atoms with van der Waals surface area (Å²) in [7, 11) is 0. The second-order valence-electron chi connectivity index (χ2n) is 6.79. The maximum Gasteiger partial charge on any atom is 0.0401 e. The second-order valence-corrected chi connectivity index (χ2v) is 6.79. The molecule has 14 heavy (non-hydrogen) atoms. The molecule has 2 aliphatic rings. The third kappa shape index (κ3) is 1.59. The first-order valence-electron chi connectivity index (χ1n) is 5.75. The lowest BCUT2D eigenvalue weighted by molar-refractivity contribution is 0.114. The summed E-state index contributed by atoms with van der Waals surface area (Å²) in [6.45, 7) is 16.5. The van der Waals surface area contributed by atoms with E-state index in [1.54, 1.807) is 0 Å². The van der Waals surface area contributed by atoms with Crippen LogP contribution >= 0.6 is 0 Å². The summed E-state index contributed by atoms with van der Waals surface area (Å²) in [5.74, 6) is 0. The van der Waals surface area contributed by atoms with Crippen LogP contribution in [-0.2, 0) is 0 Å². The van der Waals surface area contributed by atoms with Crippen molar-refractivity contribution in [3.63, 3.8) is 0 Å². The quantitative estimate of drug-likeness (QED) is 0.546. The maximum atomic E-state index is 2.66. The molecule has 0 amide bonds. The van der Waals surface area contributed by atoms with E-state index in [0.29, 0.717) is 11.1 Å². The predicted molar refractivity (Wildman–Crippen MR) is 60.5 cm³/mol. The second kappa shape index (κ2) is 2.73. The Hall–Kier alpha value is -0.0800. The van der Waals surface area contributed by atoms with Gasteiger partial charge in [0.25, 0.3) is 0 Å². The Kier molecular flexibility index (Phi) is 2.04. The molecule has 2 heteroatoms. The fourth-order valence-electron chi connectivity index (χ4n) is 2.82. The van der Waals surface area contributed by atoms with Gasteiger partial charge >= 0.3 is 0 Å². The van der Waals surface area contributed by atoms with Gasteiger partial charge in [-0.3, -0.25) is 9.80 Å². The lowest BCUT2D eigenvalue weighted by Crippen LogP contribution is -2.45. The molecule has 0 N–H and O–H groups in total. The summed E-state index contributed by atoms with van der Waals surface area (Å²) in [4.78, 5) is 5.28. The highest BCUT2D eigenvalue weighted by atomic mass is 15.5. The van der Waals surface area contributed by atoms with Crippen LogP contribution in [0.25, 0.3) is 0 Å². The highest BCUT2D eigenvalue weighted by molar-refractivity contribution is 5.15. The molecule has 0 saturated carbocycles. The zero-order valence-corrected chi connectivity index (χ0v) is 10.5. The number of rotatable bonds is 0. The van der Waals surface area contributed by atoms with Gasteiger partial charge in [0.2, 0.25) is 0 Å². The molecular weight excluding hydrogens is 172 g/mol. The van der Waals surface area contributed by atoms with Crippen LogP contribution < -0.4 is 0 Å². The summed E-state index contributed by atoms with van der Waals surface area (Å²) < 4.78 is 0. The molecule has 2 rings (SSSR count). The van der Waals surface area contributed by atoms with Crippen molar-refractivity contribution in [2.24, 2.45) is 0 Å². The highest BCUT2D eigenvalue weighted by Gasteiger charge is 2.58. The summed E-state index contributed by atoms with van der Waals surface area (Å²) in [5, 5.41) is 0. The van der Waals surface area contributed by atoms with Crippen molar-refractivity contribution in [2.45, 2.75) is 64.7 Å². The molecule has 2 saturated heterocycles. The summed E-state index contributed by atoms with van der Waals surface area (Å²) >= 11 is 0. The largest absolute Gasteiger partial charge is 0.295 e. The minimum atomic E-state index is 0.358. The van der Waals surface area contributed by atoms with Crippen molar-refractivity contribution >= 4 is 0 Å². The van der Waals surface area contributed by atoms with Crippen LogP contribution in [0.2, 0.25) is 0 Å². The van der Waals surface area contributed by atoms with Crippen LogP contribution in [-0.4, -0.2) is 46.1 Å². The number of hydrogen-bond acceptors (Lipinski definition) is 2. The zero-order valence-electron chi connectivity index (χ0n) is 10.5. The van der Waals surface area contributed by atoms with Gasteiger partial charge in [-0.2, -0.15) is 0 Å². The Labute approximate surface area is 88.3 Å². The fourth-order valence-corrected chi connectivity index (χ4v) is 2.82. The van der Waals surface area contributed by atoms with Gasteiger partial charge in [0, 0.05) is 36.3 Å². The van der Waals surface area contributed by atoms with E-state index in [2.05, 4.69) is 51.3 Å². The lowest BCUT2D eigenvalue weighted by Gasteiger charge is -2.36. The van der Waals surface area contributed by atoms with E-state index in [0.717, 1.165) is 12.1 Å². The van der Waals surface area contributed by atoms with Crippen LogP contribution in [0.1, 0.15) is 41.5 Å². The smallest absolute Gasteiger partial charge is 0.0401 e. The molecule has 2 aliphatic heterocycles. The Bertz CT molecular complexity index is 210. The normalized spacial score (nSPS) is 38.6. The van der Waals surface area contributed by atoms with Crippen LogP contribution in [0.4, 0.5) is 0 Å². The van der Waals surface area contributed by atoms with Gasteiger partial charge in [0.05, 0.1) is 0 Å². The van der Waals surface area contributed by atoms with Crippen molar-refractivity contribution in [1.29, 1.82) is 0 Å². The molecule has 82 valence electrons. The first-order valence-corrected chi connectivity index (χ1v) is 5.75. The molecule has 0 bridgehead atoms. The van der Waals surface area contributed by atoms with E-state index in [1.165, 1.54) is 13.1 Å². The summed E-state index contributed by atoms with van der Waals surface area (Å²) in [6.07, 6.45) is 0. The topological polar surface area (TPSA) is 6.25 Å². The van der Waals surface area contributed by atoms with E-state index in [-0.39, 0.29) is 0 Å². The van der Waals surface area contributed by atoms with E-state index in [9.17, 15) is 0 Å². The zero-order chi connectivity index (χ0) is 10.7. The van der Waals surface area contributed by atoms with Crippen molar-refractivity contribution in [3.05, 3.63) is 0 Å². The number of piperazine rings is 1.